The van der Waals surface area contributed by atoms with Gasteiger partial charge in [0.05, 0.1) is 18.4 Å². The second-order valence-electron chi connectivity index (χ2n) is 3.63. The standard InChI is InChI=1S/C13H13N3/c14-8-4-7-13(16-10-9-15-11-16)12-5-2-1-3-6-12/h1-3,5-6,9-11,13H,4,7H2. The molecule has 16 heavy (non-hydrogen) atoms. The van der Waals surface area contributed by atoms with Gasteiger partial charge in [0.2, 0.25) is 0 Å². The molecule has 0 radical (unpaired) electrons. The SMILES string of the molecule is N#CCCC(c1ccccc1)n1ccnc1. The zero-order valence-corrected chi connectivity index (χ0v) is 8.95. The largest absolute Gasteiger partial charge is 0.330 e. The third kappa shape index (κ3) is 2.29. The Morgan fingerprint density at radius 2 is 2.12 bits per heavy atom. The second kappa shape index (κ2) is 5.13. The van der Waals surface area contributed by atoms with Crippen molar-refractivity contribution < 1.29 is 0 Å². The fourth-order valence-electron chi connectivity index (χ4n) is 1.82. The van der Waals surface area contributed by atoms with E-state index in [0.717, 1.165) is 6.42 Å². The van der Waals surface area contributed by atoms with Crippen LogP contribution in [0, 0.1) is 11.3 Å². The molecule has 1 unspecified atom stereocenters. The van der Waals surface area contributed by atoms with Gasteiger partial charge in [-0.2, -0.15) is 5.26 Å². The molecule has 2 aromatic rings. The number of hydrogen-bond acceptors (Lipinski definition) is 2. The molecule has 0 aliphatic rings. The third-order valence-electron chi connectivity index (χ3n) is 2.60. The lowest BCUT2D eigenvalue weighted by molar-refractivity contribution is 0.547. The van der Waals surface area contributed by atoms with Crippen LogP contribution < -0.4 is 0 Å². The molecule has 0 spiro atoms. The number of aromatic nitrogens is 2. The van der Waals surface area contributed by atoms with E-state index in [2.05, 4.69) is 23.2 Å². The number of hydrogen-bond donors (Lipinski definition) is 0. The maximum atomic E-state index is 8.68. The van der Waals surface area contributed by atoms with Gasteiger partial charge in [-0.15, -0.1) is 0 Å². The second-order valence-corrected chi connectivity index (χ2v) is 3.63. The number of rotatable bonds is 4. The van der Waals surface area contributed by atoms with Crippen molar-refractivity contribution in [2.24, 2.45) is 0 Å². The zero-order valence-electron chi connectivity index (χ0n) is 8.95. The summed E-state index contributed by atoms with van der Waals surface area (Å²) in [6, 6.07) is 12.6. The molecule has 0 aliphatic heterocycles. The highest BCUT2D eigenvalue weighted by atomic mass is 15.0. The van der Waals surface area contributed by atoms with E-state index in [1.165, 1.54) is 5.56 Å². The molecule has 0 bridgehead atoms. The normalized spacial score (nSPS) is 11.9. The Hall–Kier alpha value is -2.08. The highest BCUT2D eigenvalue weighted by Crippen LogP contribution is 2.22. The summed E-state index contributed by atoms with van der Waals surface area (Å²) in [5, 5.41) is 8.68. The number of imidazole rings is 1. The Morgan fingerprint density at radius 3 is 2.75 bits per heavy atom. The monoisotopic (exact) mass is 211 g/mol. The zero-order chi connectivity index (χ0) is 11.2. The van der Waals surface area contributed by atoms with Crippen LogP contribution in [-0.2, 0) is 0 Å². The van der Waals surface area contributed by atoms with Crippen LogP contribution in [0.1, 0.15) is 24.4 Å². The van der Waals surface area contributed by atoms with Gasteiger partial charge in [0, 0.05) is 18.8 Å². The number of nitrogens with zero attached hydrogens (tertiary/aromatic N) is 3. The summed E-state index contributed by atoms with van der Waals surface area (Å²) in [7, 11) is 0. The summed E-state index contributed by atoms with van der Waals surface area (Å²) in [5.41, 5.74) is 1.22. The van der Waals surface area contributed by atoms with E-state index >= 15 is 0 Å². The van der Waals surface area contributed by atoms with Crippen LogP contribution in [0.2, 0.25) is 0 Å². The minimum atomic E-state index is 0.211. The summed E-state index contributed by atoms with van der Waals surface area (Å²) >= 11 is 0. The molecule has 3 heteroatoms. The van der Waals surface area contributed by atoms with Crippen LogP contribution >= 0.6 is 0 Å². The molecule has 0 fully saturated rings. The van der Waals surface area contributed by atoms with Gasteiger partial charge < -0.3 is 4.57 Å². The minimum Gasteiger partial charge on any atom is -0.330 e. The van der Waals surface area contributed by atoms with Gasteiger partial charge in [0.25, 0.3) is 0 Å². The van der Waals surface area contributed by atoms with Crippen molar-refractivity contribution in [3.63, 3.8) is 0 Å². The molecule has 3 nitrogen and oxygen atoms in total. The molecule has 1 heterocycles. The van der Waals surface area contributed by atoms with Crippen LogP contribution in [0.15, 0.2) is 49.1 Å². The van der Waals surface area contributed by atoms with E-state index in [0.29, 0.717) is 6.42 Å². The summed E-state index contributed by atoms with van der Waals surface area (Å²) < 4.78 is 2.05. The molecule has 0 amide bonds. The summed E-state index contributed by atoms with van der Waals surface area (Å²) in [4.78, 5) is 4.06. The lowest BCUT2D eigenvalue weighted by Crippen LogP contribution is -2.08. The average molecular weight is 211 g/mol. The molecule has 0 saturated heterocycles. The first kappa shape index (κ1) is 10.4. The molecular formula is C13H13N3. The molecule has 80 valence electrons. The Labute approximate surface area is 95.0 Å². The lowest BCUT2D eigenvalue weighted by Gasteiger charge is -2.17. The van der Waals surface area contributed by atoms with Crippen LogP contribution in [0.4, 0.5) is 0 Å². The van der Waals surface area contributed by atoms with Gasteiger partial charge in [-0.3, -0.25) is 0 Å². The van der Waals surface area contributed by atoms with Crippen molar-refractivity contribution >= 4 is 0 Å². The summed E-state index contributed by atoms with van der Waals surface area (Å²) in [6.45, 7) is 0. The Morgan fingerprint density at radius 1 is 1.31 bits per heavy atom. The maximum absolute atomic E-state index is 8.68. The number of nitriles is 1. The molecule has 1 atom stereocenters. The van der Waals surface area contributed by atoms with E-state index in [1.54, 1.807) is 12.5 Å². The van der Waals surface area contributed by atoms with E-state index < -0.39 is 0 Å². The summed E-state index contributed by atoms with van der Waals surface area (Å²) in [5.74, 6) is 0. The topological polar surface area (TPSA) is 41.6 Å². The Bertz CT molecular complexity index is 454. The van der Waals surface area contributed by atoms with Crippen molar-refractivity contribution in [3.8, 4) is 6.07 Å². The molecular weight excluding hydrogens is 198 g/mol. The van der Waals surface area contributed by atoms with Gasteiger partial charge >= 0.3 is 0 Å². The highest BCUT2D eigenvalue weighted by molar-refractivity contribution is 5.20. The van der Waals surface area contributed by atoms with Crippen LogP contribution in [0.5, 0.6) is 0 Å². The third-order valence-corrected chi connectivity index (χ3v) is 2.60. The van der Waals surface area contributed by atoms with E-state index in [-0.39, 0.29) is 6.04 Å². The van der Waals surface area contributed by atoms with Crippen molar-refractivity contribution in [1.29, 1.82) is 5.26 Å². The van der Waals surface area contributed by atoms with Crippen LogP contribution in [-0.4, -0.2) is 9.55 Å². The molecule has 1 aromatic carbocycles. The molecule has 0 saturated carbocycles. The first-order valence-corrected chi connectivity index (χ1v) is 5.31. The van der Waals surface area contributed by atoms with Gasteiger partial charge in [0.15, 0.2) is 0 Å². The fraction of sp³-hybridized carbons (Fsp3) is 0.231. The van der Waals surface area contributed by atoms with Crippen molar-refractivity contribution in [1.82, 2.24) is 9.55 Å². The van der Waals surface area contributed by atoms with Crippen LogP contribution in [0.3, 0.4) is 0 Å². The van der Waals surface area contributed by atoms with Crippen LogP contribution in [0.25, 0.3) is 0 Å². The first-order valence-electron chi connectivity index (χ1n) is 5.31. The smallest absolute Gasteiger partial charge is 0.0951 e. The van der Waals surface area contributed by atoms with E-state index in [4.69, 9.17) is 5.26 Å². The Kier molecular flexibility index (Phi) is 3.35. The molecule has 2 rings (SSSR count). The van der Waals surface area contributed by atoms with Gasteiger partial charge in [-0.1, -0.05) is 30.3 Å². The maximum Gasteiger partial charge on any atom is 0.0951 e. The molecule has 0 N–H and O–H groups in total. The van der Waals surface area contributed by atoms with Crippen molar-refractivity contribution in [2.75, 3.05) is 0 Å². The summed E-state index contributed by atoms with van der Waals surface area (Å²) in [6.07, 6.45) is 6.88. The fourth-order valence-corrected chi connectivity index (χ4v) is 1.82. The highest BCUT2D eigenvalue weighted by Gasteiger charge is 2.11. The van der Waals surface area contributed by atoms with E-state index in [9.17, 15) is 0 Å². The lowest BCUT2D eigenvalue weighted by atomic mass is 10.0. The predicted octanol–water partition coefficient (Wildman–Crippen LogP) is 2.78. The van der Waals surface area contributed by atoms with Crippen molar-refractivity contribution in [2.45, 2.75) is 18.9 Å². The van der Waals surface area contributed by atoms with Gasteiger partial charge in [-0.05, 0) is 12.0 Å². The molecule has 0 aliphatic carbocycles. The van der Waals surface area contributed by atoms with Gasteiger partial charge in [0.1, 0.15) is 0 Å². The molecule has 1 aromatic heterocycles. The number of benzene rings is 1. The van der Waals surface area contributed by atoms with Gasteiger partial charge in [-0.25, -0.2) is 4.98 Å². The Balaban J connectivity index is 2.26. The van der Waals surface area contributed by atoms with Crippen molar-refractivity contribution in [3.05, 3.63) is 54.6 Å². The quantitative estimate of drug-likeness (QED) is 0.780. The average Bonchev–Trinajstić information content (AvgIpc) is 2.85. The van der Waals surface area contributed by atoms with E-state index in [1.807, 2.05) is 29.0 Å². The first-order chi connectivity index (χ1) is 7.92. The predicted molar refractivity (Wildman–Crippen MR) is 61.7 cm³/mol. The minimum absolute atomic E-state index is 0.211.